The van der Waals surface area contributed by atoms with Crippen LogP contribution in [0.2, 0.25) is 0 Å². The average molecular weight is 403 g/mol. The molecule has 3 aromatic carbocycles. The van der Waals surface area contributed by atoms with Gasteiger partial charge in [-0.3, -0.25) is 14.4 Å². The van der Waals surface area contributed by atoms with Crippen LogP contribution in [0.4, 0.5) is 5.69 Å². The molecule has 0 atom stereocenters. The van der Waals surface area contributed by atoms with Gasteiger partial charge in [0.2, 0.25) is 17.7 Å². The Morgan fingerprint density at radius 1 is 0.933 bits per heavy atom. The number of hydrogen-bond acceptors (Lipinski definition) is 3. The molecule has 0 radical (unpaired) electrons. The van der Waals surface area contributed by atoms with Crippen LogP contribution in [0.25, 0.3) is 10.8 Å². The van der Waals surface area contributed by atoms with Gasteiger partial charge >= 0.3 is 0 Å². The molecule has 0 heterocycles. The van der Waals surface area contributed by atoms with Gasteiger partial charge < -0.3 is 16.0 Å². The molecule has 0 saturated carbocycles. The number of amides is 3. The Balaban J connectivity index is 1.54. The van der Waals surface area contributed by atoms with Gasteiger partial charge in [0.15, 0.2) is 0 Å². The number of nitrogens with one attached hydrogen (secondary N) is 1. The lowest BCUT2D eigenvalue weighted by Gasteiger charge is -2.21. The molecule has 0 aliphatic heterocycles. The quantitative estimate of drug-likeness (QED) is 0.604. The Kier molecular flexibility index (Phi) is 6.80. The smallest absolute Gasteiger partial charge is 0.248 e. The average Bonchev–Trinajstić information content (AvgIpc) is 2.74. The highest BCUT2D eigenvalue weighted by Crippen LogP contribution is 2.16. The lowest BCUT2D eigenvalue weighted by Crippen LogP contribution is -2.34. The first-order valence-electron chi connectivity index (χ1n) is 9.91. The molecule has 0 saturated heterocycles. The van der Waals surface area contributed by atoms with Crippen LogP contribution in [0.1, 0.15) is 29.3 Å². The molecular formula is C24H25N3O3. The maximum atomic E-state index is 12.7. The van der Waals surface area contributed by atoms with Crippen molar-refractivity contribution in [2.24, 2.45) is 5.73 Å². The van der Waals surface area contributed by atoms with Crippen molar-refractivity contribution in [2.75, 3.05) is 18.4 Å². The zero-order chi connectivity index (χ0) is 21.5. The molecule has 0 fully saturated rings. The highest BCUT2D eigenvalue weighted by Gasteiger charge is 2.14. The van der Waals surface area contributed by atoms with Gasteiger partial charge in [-0.2, -0.15) is 0 Å². The zero-order valence-electron chi connectivity index (χ0n) is 16.9. The van der Waals surface area contributed by atoms with Crippen LogP contribution >= 0.6 is 0 Å². The van der Waals surface area contributed by atoms with E-state index in [1.165, 1.54) is 0 Å². The fourth-order valence-electron chi connectivity index (χ4n) is 3.27. The van der Waals surface area contributed by atoms with E-state index in [-0.39, 0.29) is 18.2 Å². The minimum atomic E-state index is -0.517. The minimum Gasteiger partial charge on any atom is -0.366 e. The van der Waals surface area contributed by atoms with E-state index in [1.54, 1.807) is 29.2 Å². The maximum absolute atomic E-state index is 12.7. The van der Waals surface area contributed by atoms with E-state index in [0.717, 1.165) is 16.3 Å². The molecule has 0 spiro atoms. The molecule has 3 rings (SSSR count). The number of fused-ring (bicyclic) bond motifs is 1. The first-order valence-corrected chi connectivity index (χ1v) is 9.91. The van der Waals surface area contributed by atoms with Crippen molar-refractivity contribution in [1.82, 2.24) is 4.90 Å². The lowest BCUT2D eigenvalue weighted by molar-refractivity contribution is -0.130. The number of carbonyl (C=O) groups excluding carboxylic acids is 3. The van der Waals surface area contributed by atoms with Crippen molar-refractivity contribution in [3.05, 3.63) is 77.9 Å². The van der Waals surface area contributed by atoms with Crippen LogP contribution in [-0.2, 0) is 16.0 Å². The third-order valence-electron chi connectivity index (χ3n) is 4.97. The SMILES string of the molecule is CCN(CCC(=O)Nc1ccc(C(N)=O)cc1)C(=O)Cc1ccc2ccccc2c1. The summed E-state index contributed by atoms with van der Waals surface area (Å²) >= 11 is 0. The van der Waals surface area contributed by atoms with Gasteiger partial charge in [0.25, 0.3) is 0 Å². The fourth-order valence-corrected chi connectivity index (χ4v) is 3.27. The van der Waals surface area contributed by atoms with E-state index in [4.69, 9.17) is 5.73 Å². The normalized spacial score (nSPS) is 10.6. The van der Waals surface area contributed by atoms with Crippen molar-refractivity contribution in [3.63, 3.8) is 0 Å². The molecule has 0 aliphatic rings. The standard InChI is InChI=1S/C24H25N3O3/c1-2-27(14-13-22(28)26-21-11-9-19(10-12-21)24(25)30)23(29)16-17-7-8-18-5-3-4-6-20(18)15-17/h3-12,15H,2,13-14,16H2,1H3,(H2,25,30)(H,26,28). The van der Waals surface area contributed by atoms with Crippen LogP contribution in [0.3, 0.4) is 0 Å². The summed E-state index contributed by atoms with van der Waals surface area (Å²) in [6.45, 7) is 2.78. The summed E-state index contributed by atoms with van der Waals surface area (Å²) in [6, 6.07) is 20.4. The number of likely N-dealkylation sites (N-methyl/N-ethyl adjacent to an activating group) is 1. The van der Waals surface area contributed by atoms with Crippen LogP contribution in [-0.4, -0.2) is 35.7 Å². The second kappa shape index (κ2) is 9.69. The number of benzene rings is 3. The predicted octanol–water partition coefficient (Wildman–Crippen LogP) is 3.36. The Labute approximate surface area is 175 Å². The Hall–Kier alpha value is -3.67. The van der Waals surface area contributed by atoms with E-state index >= 15 is 0 Å². The topological polar surface area (TPSA) is 92.5 Å². The monoisotopic (exact) mass is 403 g/mol. The summed E-state index contributed by atoms with van der Waals surface area (Å²) in [7, 11) is 0. The van der Waals surface area contributed by atoms with Crippen LogP contribution in [0.5, 0.6) is 0 Å². The lowest BCUT2D eigenvalue weighted by atomic mass is 10.0. The molecule has 154 valence electrons. The number of nitrogens with two attached hydrogens (primary N) is 1. The second-order valence-electron chi connectivity index (χ2n) is 7.07. The number of nitrogens with zero attached hydrogens (tertiary/aromatic N) is 1. The van der Waals surface area contributed by atoms with E-state index in [9.17, 15) is 14.4 Å². The van der Waals surface area contributed by atoms with Crippen molar-refractivity contribution < 1.29 is 14.4 Å². The summed E-state index contributed by atoms with van der Waals surface area (Å²) in [5, 5.41) is 5.01. The number of primary amides is 1. The van der Waals surface area contributed by atoms with Crippen LogP contribution in [0, 0.1) is 0 Å². The summed E-state index contributed by atoms with van der Waals surface area (Å²) in [5.74, 6) is -0.721. The van der Waals surface area contributed by atoms with Crippen LogP contribution in [0.15, 0.2) is 66.7 Å². The van der Waals surface area contributed by atoms with Crippen molar-refractivity contribution in [3.8, 4) is 0 Å². The molecular weight excluding hydrogens is 378 g/mol. The maximum Gasteiger partial charge on any atom is 0.248 e. The Bertz CT molecular complexity index is 1060. The predicted molar refractivity (Wildman–Crippen MR) is 118 cm³/mol. The third kappa shape index (κ3) is 5.44. The molecule has 3 amide bonds. The first-order chi connectivity index (χ1) is 14.5. The van der Waals surface area contributed by atoms with Gasteiger partial charge in [-0.15, -0.1) is 0 Å². The van der Waals surface area contributed by atoms with Crippen molar-refractivity contribution in [1.29, 1.82) is 0 Å². The van der Waals surface area contributed by atoms with Gasteiger partial charge in [-0.25, -0.2) is 0 Å². The molecule has 3 N–H and O–H groups in total. The Morgan fingerprint density at radius 3 is 2.30 bits per heavy atom. The summed E-state index contributed by atoms with van der Waals surface area (Å²) in [5.41, 5.74) is 7.12. The van der Waals surface area contributed by atoms with Crippen molar-refractivity contribution >= 4 is 34.2 Å². The molecule has 0 aliphatic carbocycles. The molecule has 30 heavy (non-hydrogen) atoms. The highest BCUT2D eigenvalue weighted by atomic mass is 16.2. The van der Waals surface area contributed by atoms with E-state index in [1.807, 2.05) is 49.4 Å². The summed E-state index contributed by atoms with van der Waals surface area (Å²) < 4.78 is 0. The summed E-state index contributed by atoms with van der Waals surface area (Å²) in [6.07, 6.45) is 0.490. The number of hydrogen-bond donors (Lipinski definition) is 2. The van der Waals surface area contributed by atoms with Gasteiger partial charge in [0.1, 0.15) is 0 Å². The molecule has 0 unspecified atom stereocenters. The van der Waals surface area contributed by atoms with E-state index in [0.29, 0.717) is 30.8 Å². The van der Waals surface area contributed by atoms with Gasteiger partial charge in [-0.1, -0.05) is 42.5 Å². The van der Waals surface area contributed by atoms with E-state index in [2.05, 4.69) is 5.32 Å². The van der Waals surface area contributed by atoms with Crippen molar-refractivity contribution in [2.45, 2.75) is 19.8 Å². The Morgan fingerprint density at radius 2 is 1.63 bits per heavy atom. The summed E-state index contributed by atoms with van der Waals surface area (Å²) in [4.78, 5) is 37.7. The second-order valence-corrected chi connectivity index (χ2v) is 7.07. The first kappa shape index (κ1) is 21.0. The minimum absolute atomic E-state index is 0.00797. The molecule has 0 bridgehead atoms. The third-order valence-corrected chi connectivity index (χ3v) is 4.97. The largest absolute Gasteiger partial charge is 0.366 e. The highest BCUT2D eigenvalue weighted by molar-refractivity contribution is 5.95. The molecule has 6 nitrogen and oxygen atoms in total. The van der Waals surface area contributed by atoms with E-state index < -0.39 is 5.91 Å². The fraction of sp³-hybridized carbons (Fsp3) is 0.208. The van der Waals surface area contributed by atoms with Crippen LogP contribution < -0.4 is 11.1 Å². The molecule has 6 heteroatoms. The number of carbonyl (C=O) groups is 3. The van der Waals surface area contributed by atoms with Gasteiger partial charge in [0.05, 0.1) is 6.42 Å². The number of rotatable bonds is 8. The van der Waals surface area contributed by atoms with Gasteiger partial charge in [0, 0.05) is 30.8 Å². The molecule has 0 aromatic heterocycles. The zero-order valence-corrected chi connectivity index (χ0v) is 16.9. The van der Waals surface area contributed by atoms with Gasteiger partial charge in [-0.05, 0) is 47.5 Å². The molecule has 3 aromatic rings. The number of anilines is 1.